The maximum Gasteiger partial charge on any atom is 0.0948 e. The molecule has 1 aliphatic heterocycles. The van der Waals surface area contributed by atoms with Crippen molar-refractivity contribution in [2.24, 2.45) is 0 Å². The van der Waals surface area contributed by atoms with Crippen molar-refractivity contribution in [2.75, 3.05) is 19.8 Å². The normalized spacial score (nSPS) is 30.2. The molecule has 2 atom stereocenters. The summed E-state index contributed by atoms with van der Waals surface area (Å²) in [5, 5.41) is 20.5. The standard InChI is InChI=1S/C7H12N2O2/c8-2-1-3-9-6-4-11-5-7(6)10/h6-7,9-10H,1,3-5H2. The van der Waals surface area contributed by atoms with E-state index in [1.807, 2.05) is 6.07 Å². The van der Waals surface area contributed by atoms with E-state index in [0.29, 0.717) is 26.2 Å². The molecule has 0 spiro atoms. The van der Waals surface area contributed by atoms with Crippen LogP contribution in [0, 0.1) is 11.3 Å². The minimum atomic E-state index is -0.409. The van der Waals surface area contributed by atoms with E-state index >= 15 is 0 Å². The number of nitrogens with zero attached hydrogens (tertiary/aromatic N) is 1. The monoisotopic (exact) mass is 156 g/mol. The van der Waals surface area contributed by atoms with Crippen LogP contribution in [0.25, 0.3) is 0 Å². The first kappa shape index (κ1) is 8.47. The minimum absolute atomic E-state index is 0.0170. The number of nitrogens with one attached hydrogen (secondary N) is 1. The molecule has 0 amide bonds. The molecule has 0 aromatic carbocycles. The van der Waals surface area contributed by atoms with E-state index in [9.17, 15) is 5.11 Å². The summed E-state index contributed by atoms with van der Waals surface area (Å²) in [6, 6.07) is 2.04. The predicted molar refractivity (Wildman–Crippen MR) is 38.8 cm³/mol. The summed E-state index contributed by atoms with van der Waals surface area (Å²) in [7, 11) is 0. The van der Waals surface area contributed by atoms with Crippen LogP contribution in [-0.2, 0) is 4.74 Å². The smallest absolute Gasteiger partial charge is 0.0948 e. The molecular weight excluding hydrogens is 144 g/mol. The summed E-state index contributed by atoms with van der Waals surface area (Å²) >= 11 is 0. The Morgan fingerprint density at radius 3 is 3.00 bits per heavy atom. The number of aliphatic hydroxyl groups excluding tert-OH is 1. The Balaban J connectivity index is 2.11. The van der Waals surface area contributed by atoms with E-state index in [4.69, 9.17) is 10.00 Å². The molecule has 0 aromatic heterocycles. The molecule has 0 radical (unpaired) electrons. The molecule has 1 heterocycles. The van der Waals surface area contributed by atoms with Gasteiger partial charge in [-0.05, 0) is 0 Å². The Hall–Kier alpha value is -0.630. The second-order valence-corrected chi connectivity index (χ2v) is 2.57. The highest BCUT2D eigenvalue weighted by atomic mass is 16.5. The molecule has 4 nitrogen and oxygen atoms in total. The number of nitriles is 1. The molecule has 4 heteroatoms. The van der Waals surface area contributed by atoms with Crippen molar-refractivity contribution in [2.45, 2.75) is 18.6 Å². The van der Waals surface area contributed by atoms with E-state index in [2.05, 4.69) is 5.32 Å². The molecule has 0 bridgehead atoms. The Kier molecular flexibility index (Phi) is 3.30. The van der Waals surface area contributed by atoms with Crippen molar-refractivity contribution in [1.82, 2.24) is 5.32 Å². The van der Waals surface area contributed by atoms with E-state index in [0.717, 1.165) is 0 Å². The van der Waals surface area contributed by atoms with Crippen LogP contribution in [0.5, 0.6) is 0 Å². The van der Waals surface area contributed by atoms with Crippen LogP contribution in [0.1, 0.15) is 6.42 Å². The van der Waals surface area contributed by atoms with Crippen LogP contribution in [0.4, 0.5) is 0 Å². The van der Waals surface area contributed by atoms with Crippen molar-refractivity contribution in [3.63, 3.8) is 0 Å². The Morgan fingerprint density at radius 1 is 1.64 bits per heavy atom. The van der Waals surface area contributed by atoms with E-state index in [-0.39, 0.29) is 6.04 Å². The van der Waals surface area contributed by atoms with Gasteiger partial charge >= 0.3 is 0 Å². The van der Waals surface area contributed by atoms with Gasteiger partial charge in [0.05, 0.1) is 31.4 Å². The number of ether oxygens (including phenoxy) is 1. The van der Waals surface area contributed by atoms with Crippen LogP contribution in [0.15, 0.2) is 0 Å². The fourth-order valence-corrected chi connectivity index (χ4v) is 1.05. The van der Waals surface area contributed by atoms with Crippen LogP contribution >= 0.6 is 0 Å². The van der Waals surface area contributed by atoms with Gasteiger partial charge in [-0.1, -0.05) is 0 Å². The van der Waals surface area contributed by atoms with Crippen molar-refractivity contribution in [1.29, 1.82) is 5.26 Å². The lowest BCUT2D eigenvalue weighted by atomic mass is 10.2. The first-order valence-corrected chi connectivity index (χ1v) is 3.70. The van der Waals surface area contributed by atoms with Crippen molar-refractivity contribution in [3.05, 3.63) is 0 Å². The van der Waals surface area contributed by atoms with Gasteiger partial charge in [0.2, 0.25) is 0 Å². The average Bonchev–Trinajstić information content (AvgIpc) is 2.37. The van der Waals surface area contributed by atoms with Gasteiger partial charge in [-0.3, -0.25) is 0 Å². The number of rotatable bonds is 3. The van der Waals surface area contributed by atoms with Gasteiger partial charge in [0.25, 0.3) is 0 Å². The second kappa shape index (κ2) is 4.29. The van der Waals surface area contributed by atoms with Crippen molar-refractivity contribution < 1.29 is 9.84 Å². The Bertz CT molecular complexity index is 155. The summed E-state index contributed by atoms with van der Waals surface area (Å²) in [6.45, 7) is 1.58. The average molecular weight is 156 g/mol. The number of aliphatic hydroxyl groups is 1. The molecule has 1 rings (SSSR count). The molecule has 1 aliphatic rings. The third-order valence-electron chi connectivity index (χ3n) is 1.69. The first-order chi connectivity index (χ1) is 5.34. The number of hydrogen-bond donors (Lipinski definition) is 2. The molecule has 0 aliphatic carbocycles. The molecule has 0 aromatic rings. The van der Waals surface area contributed by atoms with E-state index in [1.54, 1.807) is 0 Å². The highest BCUT2D eigenvalue weighted by Crippen LogP contribution is 2.04. The molecule has 2 N–H and O–H groups in total. The molecule has 2 unspecified atom stereocenters. The lowest BCUT2D eigenvalue weighted by molar-refractivity contribution is 0.122. The zero-order valence-corrected chi connectivity index (χ0v) is 6.29. The van der Waals surface area contributed by atoms with Crippen LogP contribution < -0.4 is 5.32 Å². The van der Waals surface area contributed by atoms with Gasteiger partial charge in [0.15, 0.2) is 0 Å². The summed E-state index contributed by atoms with van der Waals surface area (Å²) in [4.78, 5) is 0. The first-order valence-electron chi connectivity index (χ1n) is 3.70. The predicted octanol–water partition coefficient (Wildman–Crippen LogP) is -0.751. The van der Waals surface area contributed by atoms with Crippen molar-refractivity contribution in [3.8, 4) is 6.07 Å². The fraction of sp³-hybridized carbons (Fsp3) is 0.857. The molecule has 62 valence electrons. The summed E-state index contributed by atoms with van der Waals surface area (Å²) in [5.41, 5.74) is 0. The minimum Gasteiger partial charge on any atom is -0.389 e. The van der Waals surface area contributed by atoms with Gasteiger partial charge in [-0.25, -0.2) is 0 Å². The summed E-state index contributed by atoms with van der Waals surface area (Å²) in [6.07, 6.45) is 0.0668. The summed E-state index contributed by atoms with van der Waals surface area (Å²) < 4.78 is 5.00. The number of hydrogen-bond acceptors (Lipinski definition) is 4. The van der Waals surface area contributed by atoms with Crippen LogP contribution in [0.2, 0.25) is 0 Å². The zero-order valence-electron chi connectivity index (χ0n) is 6.29. The molecule has 0 saturated carbocycles. The van der Waals surface area contributed by atoms with Crippen molar-refractivity contribution >= 4 is 0 Å². The molecule has 11 heavy (non-hydrogen) atoms. The van der Waals surface area contributed by atoms with Gasteiger partial charge in [-0.2, -0.15) is 5.26 Å². The lowest BCUT2D eigenvalue weighted by Gasteiger charge is -2.12. The Labute approximate surface area is 65.8 Å². The second-order valence-electron chi connectivity index (χ2n) is 2.57. The maximum atomic E-state index is 9.22. The Morgan fingerprint density at radius 2 is 2.45 bits per heavy atom. The summed E-state index contributed by atoms with van der Waals surface area (Å²) in [5.74, 6) is 0. The quantitative estimate of drug-likeness (QED) is 0.528. The van der Waals surface area contributed by atoms with Gasteiger partial charge in [0, 0.05) is 13.0 Å². The fourth-order valence-electron chi connectivity index (χ4n) is 1.05. The van der Waals surface area contributed by atoms with Gasteiger partial charge < -0.3 is 15.2 Å². The van der Waals surface area contributed by atoms with E-state index in [1.165, 1.54) is 0 Å². The third-order valence-corrected chi connectivity index (χ3v) is 1.69. The van der Waals surface area contributed by atoms with Gasteiger partial charge in [0.1, 0.15) is 0 Å². The molecule has 1 fully saturated rings. The topological polar surface area (TPSA) is 65.3 Å². The third kappa shape index (κ3) is 2.46. The molecular formula is C7H12N2O2. The lowest BCUT2D eigenvalue weighted by Crippen LogP contribution is -2.39. The van der Waals surface area contributed by atoms with Crippen LogP contribution in [-0.4, -0.2) is 37.0 Å². The largest absolute Gasteiger partial charge is 0.389 e. The highest BCUT2D eigenvalue weighted by molar-refractivity contribution is 4.82. The highest BCUT2D eigenvalue weighted by Gasteiger charge is 2.24. The van der Waals surface area contributed by atoms with Crippen LogP contribution in [0.3, 0.4) is 0 Å². The zero-order chi connectivity index (χ0) is 8.10. The SMILES string of the molecule is N#CCCNC1COCC1O. The molecule has 1 saturated heterocycles. The van der Waals surface area contributed by atoms with Gasteiger partial charge in [-0.15, -0.1) is 0 Å². The van der Waals surface area contributed by atoms with E-state index < -0.39 is 6.10 Å². The maximum absolute atomic E-state index is 9.22.